The standard InChI is InChI=1S/C8H16O2/c1-4-5-8(3)10-6-7(2)9/h8H,4-6H2,1-3H3. The average molecular weight is 144 g/mol. The lowest BCUT2D eigenvalue weighted by molar-refractivity contribution is -0.123. The molecule has 0 aliphatic heterocycles. The van der Waals surface area contributed by atoms with Gasteiger partial charge < -0.3 is 4.74 Å². The van der Waals surface area contributed by atoms with Crippen LogP contribution in [0.4, 0.5) is 0 Å². The molecule has 0 fully saturated rings. The Morgan fingerprint density at radius 2 is 2.20 bits per heavy atom. The average Bonchev–Trinajstić information content (AvgIpc) is 1.85. The lowest BCUT2D eigenvalue weighted by Gasteiger charge is -2.09. The normalized spacial score (nSPS) is 13.1. The summed E-state index contributed by atoms with van der Waals surface area (Å²) in [5.41, 5.74) is 0. The Hall–Kier alpha value is -0.370. The van der Waals surface area contributed by atoms with Crippen LogP contribution in [0.1, 0.15) is 33.6 Å². The number of rotatable bonds is 5. The zero-order valence-corrected chi connectivity index (χ0v) is 7.02. The first-order valence-electron chi connectivity index (χ1n) is 3.77. The van der Waals surface area contributed by atoms with Gasteiger partial charge in [-0.2, -0.15) is 0 Å². The number of ether oxygens (including phenoxy) is 1. The van der Waals surface area contributed by atoms with Gasteiger partial charge in [-0.25, -0.2) is 0 Å². The quantitative estimate of drug-likeness (QED) is 0.588. The van der Waals surface area contributed by atoms with Crippen molar-refractivity contribution in [3.8, 4) is 0 Å². The molecule has 0 amide bonds. The van der Waals surface area contributed by atoms with E-state index in [4.69, 9.17) is 4.74 Å². The SMILES string of the molecule is CCCC(C)OCC(C)=O. The van der Waals surface area contributed by atoms with E-state index in [0.29, 0.717) is 0 Å². The Kier molecular flexibility index (Phi) is 5.22. The number of hydrogen-bond acceptors (Lipinski definition) is 2. The first-order chi connectivity index (χ1) is 4.66. The largest absolute Gasteiger partial charge is 0.371 e. The molecule has 0 bridgehead atoms. The van der Waals surface area contributed by atoms with Crippen LogP contribution < -0.4 is 0 Å². The molecular weight excluding hydrogens is 128 g/mol. The number of carbonyl (C=O) groups excluding carboxylic acids is 1. The van der Waals surface area contributed by atoms with E-state index in [1.54, 1.807) is 6.92 Å². The van der Waals surface area contributed by atoms with Gasteiger partial charge in [-0.15, -0.1) is 0 Å². The third-order valence-corrected chi connectivity index (χ3v) is 1.27. The zero-order valence-electron chi connectivity index (χ0n) is 7.02. The van der Waals surface area contributed by atoms with E-state index in [9.17, 15) is 4.79 Å². The molecule has 60 valence electrons. The van der Waals surface area contributed by atoms with Gasteiger partial charge in [0.25, 0.3) is 0 Å². The molecule has 0 aliphatic carbocycles. The molecule has 10 heavy (non-hydrogen) atoms. The van der Waals surface area contributed by atoms with E-state index in [1.807, 2.05) is 6.92 Å². The van der Waals surface area contributed by atoms with Gasteiger partial charge in [0.2, 0.25) is 0 Å². The smallest absolute Gasteiger partial charge is 0.155 e. The van der Waals surface area contributed by atoms with Crippen LogP contribution in [0.15, 0.2) is 0 Å². The second-order valence-corrected chi connectivity index (χ2v) is 2.61. The van der Waals surface area contributed by atoms with Crippen molar-refractivity contribution in [1.29, 1.82) is 0 Å². The number of ketones is 1. The summed E-state index contributed by atoms with van der Waals surface area (Å²) in [6, 6.07) is 0. The van der Waals surface area contributed by atoms with E-state index >= 15 is 0 Å². The molecule has 0 saturated carbocycles. The van der Waals surface area contributed by atoms with Gasteiger partial charge in [0.15, 0.2) is 5.78 Å². The Morgan fingerprint density at radius 3 is 2.60 bits per heavy atom. The van der Waals surface area contributed by atoms with Crippen LogP contribution in [0, 0.1) is 0 Å². The summed E-state index contributed by atoms with van der Waals surface area (Å²) in [6.07, 6.45) is 2.38. The summed E-state index contributed by atoms with van der Waals surface area (Å²) in [6.45, 7) is 5.90. The van der Waals surface area contributed by atoms with Crippen molar-refractivity contribution >= 4 is 5.78 Å². The maximum atomic E-state index is 10.4. The van der Waals surface area contributed by atoms with Crippen molar-refractivity contribution in [1.82, 2.24) is 0 Å². The Labute approximate surface area is 62.6 Å². The van der Waals surface area contributed by atoms with Crippen LogP contribution in [0.2, 0.25) is 0 Å². The van der Waals surface area contributed by atoms with Crippen molar-refractivity contribution < 1.29 is 9.53 Å². The number of carbonyl (C=O) groups is 1. The van der Waals surface area contributed by atoms with Gasteiger partial charge in [-0.3, -0.25) is 4.79 Å². The van der Waals surface area contributed by atoms with Gasteiger partial charge in [0, 0.05) is 0 Å². The first kappa shape index (κ1) is 9.63. The Balaban J connectivity index is 3.21. The highest BCUT2D eigenvalue weighted by Gasteiger charge is 2.00. The highest BCUT2D eigenvalue weighted by molar-refractivity contribution is 5.76. The van der Waals surface area contributed by atoms with E-state index in [2.05, 4.69) is 6.92 Å². The van der Waals surface area contributed by atoms with Crippen LogP contribution in [0.5, 0.6) is 0 Å². The summed E-state index contributed by atoms with van der Waals surface area (Å²) in [5.74, 6) is 0.1000. The maximum Gasteiger partial charge on any atom is 0.155 e. The topological polar surface area (TPSA) is 26.3 Å². The summed E-state index contributed by atoms with van der Waals surface area (Å²) in [4.78, 5) is 10.4. The minimum absolute atomic E-state index is 0.1000. The lowest BCUT2D eigenvalue weighted by atomic mass is 10.2. The van der Waals surface area contributed by atoms with Crippen molar-refractivity contribution in [3.05, 3.63) is 0 Å². The summed E-state index contributed by atoms with van der Waals surface area (Å²) >= 11 is 0. The second kappa shape index (κ2) is 5.42. The lowest BCUT2D eigenvalue weighted by Crippen LogP contribution is -2.13. The van der Waals surface area contributed by atoms with Crippen LogP contribution in [0.3, 0.4) is 0 Å². The van der Waals surface area contributed by atoms with Crippen LogP contribution in [-0.4, -0.2) is 18.5 Å². The molecule has 0 heterocycles. The maximum absolute atomic E-state index is 10.4. The van der Waals surface area contributed by atoms with Gasteiger partial charge in [0.05, 0.1) is 6.10 Å². The van der Waals surface area contributed by atoms with Crippen LogP contribution >= 0.6 is 0 Å². The van der Waals surface area contributed by atoms with Gasteiger partial charge in [0.1, 0.15) is 6.61 Å². The molecule has 0 aliphatic rings. The number of Topliss-reactive ketones (excluding diaryl/α,β-unsaturated/α-hetero) is 1. The molecular formula is C8H16O2. The Bertz CT molecular complexity index is 99.4. The van der Waals surface area contributed by atoms with Crippen LogP contribution in [0.25, 0.3) is 0 Å². The zero-order chi connectivity index (χ0) is 7.98. The minimum Gasteiger partial charge on any atom is -0.371 e. The van der Waals surface area contributed by atoms with E-state index in [1.165, 1.54) is 0 Å². The van der Waals surface area contributed by atoms with Crippen LogP contribution in [-0.2, 0) is 9.53 Å². The molecule has 1 unspecified atom stereocenters. The van der Waals surface area contributed by atoms with Crippen molar-refractivity contribution in [2.45, 2.75) is 39.7 Å². The minimum atomic E-state index is 0.1000. The fourth-order valence-corrected chi connectivity index (χ4v) is 0.749. The Morgan fingerprint density at radius 1 is 1.60 bits per heavy atom. The molecule has 0 aromatic heterocycles. The predicted molar refractivity (Wildman–Crippen MR) is 41.0 cm³/mol. The summed E-state index contributed by atoms with van der Waals surface area (Å²) in [7, 11) is 0. The fraction of sp³-hybridized carbons (Fsp3) is 0.875. The molecule has 2 heteroatoms. The highest BCUT2D eigenvalue weighted by atomic mass is 16.5. The van der Waals surface area contributed by atoms with Crippen molar-refractivity contribution in [3.63, 3.8) is 0 Å². The molecule has 0 saturated heterocycles. The fourth-order valence-electron chi connectivity index (χ4n) is 0.749. The summed E-state index contributed by atoms with van der Waals surface area (Å²) in [5, 5.41) is 0. The first-order valence-corrected chi connectivity index (χ1v) is 3.77. The van der Waals surface area contributed by atoms with Gasteiger partial charge in [-0.05, 0) is 20.3 Å². The van der Waals surface area contributed by atoms with E-state index in [0.717, 1.165) is 12.8 Å². The molecule has 0 rings (SSSR count). The molecule has 2 nitrogen and oxygen atoms in total. The number of hydrogen-bond donors (Lipinski definition) is 0. The molecule has 0 N–H and O–H groups in total. The van der Waals surface area contributed by atoms with Gasteiger partial charge in [-0.1, -0.05) is 13.3 Å². The van der Waals surface area contributed by atoms with Gasteiger partial charge >= 0.3 is 0 Å². The molecule has 0 aromatic rings. The van der Waals surface area contributed by atoms with Crippen molar-refractivity contribution in [2.75, 3.05) is 6.61 Å². The van der Waals surface area contributed by atoms with Crippen molar-refractivity contribution in [2.24, 2.45) is 0 Å². The monoisotopic (exact) mass is 144 g/mol. The third-order valence-electron chi connectivity index (χ3n) is 1.27. The predicted octanol–water partition coefficient (Wildman–Crippen LogP) is 1.78. The molecule has 0 aromatic carbocycles. The van der Waals surface area contributed by atoms with E-state index < -0.39 is 0 Å². The molecule has 1 atom stereocenters. The second-order valence-electron chi connectivity index (χ2n) is 2.61. The third kappa shape index (κ3) is 5.76. The van der Waals surface area contributed by atoms with E-state index in [-0.39, 0.29) is 18.5 Å². The highest BCUT2D eigenvalue weighted by Crippen LogP contribution is 1.99. The molecule has 0 spiro atoms. The summed E-state index contributed by atoms with van der Waals surface area (Å²) < 4.78 is 5.19. The molecule has 0 radical (unpaired) electrons.